The van der Waals surface area contributed by atoms with Crippen LogP contribution in [0.2, 0.25) is 0 Å². The first kappa shape index (κ1) is 45.5. The van der Waals surface area contributed by atoms with E-state index in [1.807, 2.05) is 97.1 Å². The quantitative estimate of drug-likeness (QED) is 0.0203. The number of nitrogens with zero attached hydrogens (tertiary/aromatic N) is 4. The number of nitrogens with one attached hydrogen (secondary N) is 8. The minimum atomic E-state index is 0.0297. The molecule has 11 aromatic rings. The van der Waals surface area contributed by atoms with Crippen molar-refractivity contribution >= 4 is 82.0 Å². The van der Waals surface area contributed by atoms with Gasteiger partial charge in [-0.25, -0.2) is 9.97 Å². The molecule has 0 aliphatic heterocycles. The summed E-state index contributed by atoms with van der Waals surface area (Å²) in [5.74, 6) is 4.88. The van der Waals surface area contributed by atoms with E-state index in [-0.39, 0.29) is 37.8 Å². The van der Waals surface area contributed by atoms with Crippen molar-refractivity contribution in [2.45, 2.75) is 12.8 Å². The van der Waals surface area contributed by atoms with Crippen molar-refractivity contribution in [1.82, 2.24) is 39.9 Å². The standard InChI is InChI=1S/C32H30N8O2.C20H16N8Se/c33-29(34)21-7-13-25-27(17-21)39-31(37-25)19-3-9-23(10-4-19)41-15-1-2-16-42-24-11-5-20(6-12-24)32-38-26-14-8-22(30(35)36)18-28(26)40-32;21-17(22)9-1-3-11-13(7-9)27-19(25-11)15-5-6-16(29-15)20-26-12-4-2-10(18(23)24)8-14(12)28-20/h3-14,17-18H,1-2,15-16H2,(H3,33,34)(H3,35,36)(H,37,39)(H,38,40);1-8H,(H3,21,22)(H3,23,24)(H,25,27)(H,26,28). The van der Waals surface area contributed by atoms with E-state index in [2.05, 4.69) is 52.0 Å². The molecule has 6 aromatic carbocycles. The molecule has 0 bridgehead atoms. The maximum atomic E-state index is 7.61. The van der Waals surface area contributed by atoms with Crippen LogP contribution in [0.1, 0.15) is 35.1 Å². The average Bonchev–Trinajstić information content (AvgIpc) is 4.24. The SMILES string of the molecule is N=C(N)c1ccc2nc(-c3ccc(-c4nc5ccc(C(=N)N)cc5[nH]4)[se]3)[nH]c2c1.N=C(N)c1ccc2nc(-c3ccc(OCCCCOc4ccc(-c5nc6ccc(C(=N)N)cc6[nH]5)cc4)cc3)[nH]c2c1. The number of hydrogen-bond donors (Lipinski definition) is 12. The summed E-state index contributed by atoms with van der Waals surface area (Å²) in [7, 11) is 0. The van der Waals surface area contributed by atoms with Crippen LogP contribution >= 0.6 is 0 Å². The fraction of sp³-hybridized carbons (Fsp3) is 0.0769. The second kappa shape index (κ2) is 19.4. The Hall–Kier alpha value is -9.32. The maximum Gasteiger partial charge on any atom is 0.138 e. The Bertz CT molecular complexity index is 3560. The third-order valence-corrected chi connectivity index (χ3v) is 13.9. The minimum Gasteiger partial charge on any atom is -0.494 e. The first-order valence-electron chi connectivity index (χ1n) is 22.3. The van der Waals surface area contributed by atoms with Gasteiger partial charge >= 0.3 is 171 Å². The zero-order valence-electron chi connectivity index (χ0n) is 37.9. The van der Waals surface area contributed by atoms with E-state index in [9.17, 15) is 0 Å². The number of nitrogen functional groups attached to an aromatic ring is 4. The maximum absolute atomic E-state index is 7.61. The molecule has 5 aromatic heterocycles. The summed E-state index contributed by atoms with van der Waals surface area (Å²) in [6.07, 6.45) is 1.73. The summed E-state index contributed by atoms with van der Waals surface area (Å²) in [6, 6.07) is 41.8. The summed E-state index contributed by atoms with van der Waals surface area (Å²) < 4.78 is 14.1. The molecule has 352 valence electrons. The summed E-state index contributed by atoms with van der Waals surface area (Å²) in [5.41, 5.74) is 33.6. The van der Waals surface area contributed by atoms with E-state index >= 15 is 0 Å². The number of rotatable bonds is 15. The predicted octanol–water partition coefficient (Wildman–Crippen LogP) is 7.98. The number of nitrogens with two attached hydrogens (primary N) is 4. The molecule has 0 fully saturated rings. The summed E-state index contributed by atoms with van der Waals surface area (Å²) in [5, 5.41) is 30.4. The second-order valence-electron chi connectivity index (χ2n) is 16.5. The van der Waals surface area contributed by atoms with Crippen LogP contribution in [0.3, 0.4) is 0 Å². The van der Waals surface area contributed by atoms with Gasteiger partial charge in [-0.3, -0.25) is 10.8 Å². The molecule has 0 aliphatic carbocycles. The second-order valence-corrected chi connectivity index (χ2v) is 18.8. The average molecular weight is 1010 g/mol. The molecule has 0 aliphatic rings. The van der Waals surface area contributed by atoms with Crippen LogP contribution in [-0.4, -0.2) is 90.9 Å². The van der Waals surface area contributed by atoms with Gasteiger partial charge in [0.1, 0.15) is 34.8 Å². The molecular weight excluding hydrogens is 960 g/mol. The molecule has 71 heavy (non-hydrogen) atoms. The van der Waals surface area contributed by atoms with Crippen LogP contribution in [0.5, 0.6) is 11.5 Å². The largest absolute Gasteiger partial charge is 0.494 e. The summed E-state index contributed by atoms with van der Waals surface area (Å²) in [6.45, 7) is 1.19. The van der Waals surface area contributed by atoms with Gasteiger partial charge in [-0.2, -0.15) is 0 Å². The molecule has 0 saturated heterocycles. The smallest absolute Gasteiger partial charge is 0.138 e. The van der Waals surface area contributed by atoms with Crippen LogP contribution < -0.4 is 32.4 Å². The van der Waals surface area contributed by atoms with Gasteiger partial charge in [-0.05, 0) is 97.8 Å². The van der Waals surface area contributed by atoms with Crippen LogP contribution in [0.25, 0.3) is 87.4 Å². The van der Waals surface area contributed by atoms with Crippen molar-refractivity contribution in [2.24, 2.45) is 22.9 Å². The Morgan fingerprint density at radius 3 is 1.00 bits per heavy atom. The van der Waals surface area contributed by atoms with Crippen molar-refractivity contribution in [3.05, 3.63) is 156 Å². The number of aromatic nitrogens is 8. The normalized spacial score (nSPS) is 11.2. The molecule has 0 saturated carbocycles. The van der Waals surface area contributed by atoms with Crippen molar-refractivity contribution < 1.29 is 9.47 Å². The van der Waals surface area contributed by atoms with Crippen molar-refractivity contribution in [3.8, 4) is 54.8 Å². The Labute approximate surface area is 410 Å². The number of imidazole rings is 4. The van der Waals surface area contributed by atoms with Gasteiger partial charge in [-0.15, -0.1) is 0 Å². The van der Waals surface area contributed by atoms with Crippen LogP contribution in [0.4, 0.5) is 0 Å². The number of benzene rings is 6. The number of H-pyrrole nitrogens is 4. The minimum absolute atomic E-state index is 0.0297. The van der Waals surface area contributed by atoms with Gasteiger partial charge in [0.05, 0.1) is 35.3 Å². The molecule has 5 heterocycles. The molecule has 0 unspecified atom stereocenters. The molecule has 11 rings (SSSR count). The van der Waals surface area contributed by atoms with Gasteiger partial charge in [0.2, 0.25) is 0 Å². The summed E-state index contributed by atoms with van der Waals surface area (Å²) in [4.78, 5) is 31.9. The van der Waals surface area contributed by atoms with E-state index in [4.69, 9.17) is 54.0 Å². The van der Waals surface area contributed by atoms with Gasteiger partial charge < -0.3 is 30.9 Å². The van der Waals surface area contributed by atoms with Gasteiger partial charge in [-0.1, -0.05) is 0 Å². The zero-order chi connectivity index (χ0) is 49.2. The predicted molar refractivity (Wildman–Crippen MR) is 281 cm³/mol. The number of fused-ring (bicyclic) bond motifs is 4. The topological polar surface area (TPSA) is 333 Å². The summed E-state index contributed by atoms with van der Waals surface area (Å²) >= 11 is 0.0363. The molecule has 0 radical (unpaired) electrons. The van der Waals surface area contributed by atoms with E-state index in [0.29, 0.717) is 35.5 Å². The van der Waals surface area contributed by atoms with Crippen LogP contribution in [0, 0.1) is 21.6 Å². The van der Waals surface area contributed by atoms with E-state index in [1.165, 1.54) is 0 Å². The Morgan fingerprint density at radius 2 is 0.690 bits per heavy atom. The van der Waals surface area contributed by atoms with Crippen LogP contribution in [0.15, 0.2) is 133 Å². The molecule has 19 heteroatoms. The van der Waals surface area contributed by atoms with Crippen molar-refractivity contribution in [2.75, 3.05) is 13.2 Å². The Morgan fingerprint density at radius 1 is 0.394 bits per heavy atom. The molecular formula is C52H46N16O2Se. The molecule has 18 nitrogen and oxygen atoms in total. The Balaban J connectivity index is 0.000000175. The first-order chi connectivity index (χ1) is 34.4. The monoisotopic (exact) mass is 1010 g/mol. The van der Waals surface area contributed by atoms with E-state index in [0.717, 1.165) is 112 Å². The first-order valence-corrected chi connectivity index (χ1v) is 24.1. The number of amidine groups is 4. The molecule has 16 N–H and O–H groups in total. The molecule has 0 atom stereocenters. The number of aromatic amines is 4. The zero-order valence-corrected chi connectivity index (χ0v) is 39.6. The van der Waals surface area contributed by atoms with Gasteiger partial charge in [0.25, 0.3) is 0 Å². The van der Waals surface area contributed by atoms with Crippen LogP contribution in [-0.2, 0) is 0 Å². The van der Waals surface area contributed by atoms with Crippen molar-refractivity contribution in [3.63, 3.8) is 0 Å². The van der Waals surface area contributed by atoms with Gasteiger partial charge in [0.15, 0.2) is 0 Å². The third-order valence-electron chi connectivity index (χ3n) is 11.6. The number of ether oxygens (including phenoxy) is 2. The molecule has 0 spiro atoms. The molecule has 0 amide bonds. The fourth-order valence-electron chi connectivity index (χ4n) is 7.81. The van der Waals surface area contributed by atoms with Gasteiger partial charge in [0, 0.05) is 22.3 Å². The Kier molecular flexibility index (Phi) is 12.4. The third kappa shape index (κ3) is 9.98. The van der Waals surface area contributed by atoms with Crippen molar-refractivity contribution in [1.29, 1.82) is 21.6 Å². The number of hydrogen-bond acceptors (Lipinski definition) is 10. The fourth-order valence-corrected chi connectivity index (χ4v) is 9.69. The van der Waals surface area contributed by atoms with E-state index < -0.39 is 0 Å². The van der Waals surface area contributed by atoms with E-state index in [1.54, 1.807) is 24.3 Å². The number of unbranched alkanes of at least 4 members (excludes halogenated alkanes) is 1.